The molecule has 3 aromatic carbocycles. The third kappa shape index (κ3) is 2.36. The predicted octanol–water partition coefficient (Wildman–Crippen LogP) is 3.24. The molecule has 0 spiro atoms. The van der Waals surface area contributed by atoms with Gasteiger partial charge in [-0.25, -0.2) is 4.79 Å². The molecule has 1 amide bonds. The lowest BCUT2D eigenvalue weighted by atomic mass is 10.0. The zero-order valence-electron chi connectivity index (χ0n) is 12.8. The number of nitrogens with one attached hydrogen (secondary N) is 2. The van der Waals surface area contributed by atoms with Gasteiger partial charge in [-0.2, -0.15) is 4.68 Å². The number of carbonyl (C=O) groups is 1. The van der Waals surface area contributed by atoms with E-state index < -0.39 is 6.03 Å². The fraction of sp³-hybridized carbons (Fsp3) is 0.0526. The number of rotatable bonds is 2. The van der Waals surface area contributed by atoms with Crippen LogP contribution >= 0.6 is 0 Å². The summed E-state index contributed by atoms with van der Waals surface area (Å²) in [5.41, 5.74) is 1.30. The second-order valence-corrected chi connectivity index (χ2v) is 5.59. The highest BCUT2D eigenvalue weighted by molar-refractivity contribution is 5.87. The average molecular weight is 317 g/mol. The minimum atomic E-state index is -0.468. The van der Waals surface area contributed by atoms with Crippen molar-refractivity contribution in [3.63, 3.8) is 0 Å². The number of nitrogens with zero attached hydrogens (tertiary/aromatic N) is 1. The minimum absolute atomic E-state index is 0.346. The number of H-pyrrole nitrogens is 1. The van der Waals surface area contributed by atoms with E-state index in [9.17, 15) is 9.59 Å². The number of fused-ring (bicyclic) bond motifs is 2. The summed E-state index contributed by atoms with van der Waals surface area (Å²) in [5.74, 6) is 0. The summed E-state index contributed by atoms with van der Waals surface area (Å²) >= 11 is 0. The van der Waals surface area contributed by atoms with Crippen LogP contribution in [-0.2, 0) is 6.54 Å². The number of para-hydroxylation sites is 1. The second-order valence-electron chi connectivity index (χ2n) is 5.59. The molecule has 0 aliphatic rings. The Kier molecular flexibility index (Phi) is 3.39. The van der Waals surface area contributed by atoms with Gasteiger partial charge in [0.1, 0.15) is 0 Å². The zero-order valence-corrected chi connectivity index (χ0v) is 12.8. The molecule has 118 valence electrons. The molecule has 24 heavy (non-hydrogen) atoms. The van der Waals surface area contributed by atoms with E-state index in [-0.39, 0.29) is 5.56 Å². The van der Waals surface area contributed by atoms with Crippen LogP contribution in [0.15, 0.2) is 71.5 Å². The predicted molar refractivity (Wildman–Crippen MR) is 94.1 cm³/mol. The summed E-state index contributed by atoms with van der Waals surface area (Å²) in [6.07, 6.45) is 0. The van der Waals surface area contributed by atoms with Gasteiger partial charge in [-0.15, -0.1) is 0 Å². The fourth-order valence-corrected chi connectivity index (χ4v) is 2.90. The molecule has 5 heteroatoms. The summed E-state index contributed by atoms with van der Waals surface area (Å²) in [4.78, 5) is 24.6. The van der Waals surface area contributed by atoms with Crippen molar-refractivity contribution in [3.05, 3.63) is 82.6 Å². The van der Waals surface area contributed by atoms with Crippen molar-refractivity contribution in [2.24, 2.45) is 0 Å². The Labute approximate surface area is 137 Å². The van der Waals surface area contributed by atoms with Crippen LogP contribution in [0.4, 0.5) is 4.79 Å². The first-order valence-corrected chi connectivity index (χ1v) is 7.68. The first-order valence-electron chi connectivity index (χ1n) is 7.68. The molecular weight excluding hydrogens is 302 g/mol. The van der Waals surface area contributed by atoms with E-state index in [2.05, 4.69) is 10.4 Å². The Morgan fingerprint density at radius 3 is 2.46 bits per heavy atom. The van der Waals surface area contributed by atoms with Gasteiger partial charge in [0, 0.05) is 6.54 Å². The van der Waals surface area contributed by atoms with Gasteiger partial charge in [-0.3, -0.25) is 9.89 Å². The molecule has 0 bridgehead atoms. The molecule has 0 atom stereocenters. The Balaban J connectivity index is 1.62. The molecule has 0 aliphatic carbocycles. The number of benzene rings is 3. The van der Waals surface area contributed by atoms with Gasteiger partial charge >= 0.3 is 6.03 Å². The van der Waals surface area contributed by atoms with Gasteiger partial charge in [0.05, 0.1) is 10.9 Å². The minimum Gasteiger partial charge on any atom is -0.332 e. The third-order valence-electron chi connectivity index (χ3n) is 4.11. The zero-order chi connectivity index (χ0) is 16.5. The van der Waals surface area contributed by atoms with Crippen LogP contribution < -0.4 is 10.9 Å². The number of aromatic nitrogens is 2. The maximum absolute atomic E-state index is 12.4. The van der Waals surface area contributed by atoms with Gasteiger partial charge in [0.15, 0.2) is 0 Å². The van der Waals surface area contributed by atoms with Crippen LogP contribution in [0.3, 0.4) is 0 Å². The number of aromatic amines is 1. The van der Waals surface area contributed by atoms with Crippen LogP contribution in [-0.4, -0.2) is 15.8 Å². The second kappa shape index (κ2) is 5.70. The van der Waals surface area contributed by atoms with Crippen molar-refractivity contribution in [1.29, 1.82) is 0 Å². The molecule has 0 saturated heterocycles. The third-order valence-corrected chi connectivity index (χ3v) is 4.11. The highest BCUT2D eigenvalue weighted by Gasteiger charge is 2.12. The SMILES string of the molecule is O=C(NCc1cccc2ccccc12)n1[nH]c2ccccc2c1=O. The number of hydrogen-bond donors (Lipinski definition) is 2. The van der Waals surface area contributed by atoms with E-state index in [0.29, 0.717) is 17.4 Å². The highest BCUT2D eigenvalue weighted by atomic mass is 16.2. The van der Waals surface area contributed by atoms with E-state index in [4.69, 9.17) is 0 Å². The standard InChI is InChI=1S/C19H15N3O2/c23-18-16-10-3-4-11-17(16)21-22(18)19(24)20-12-14-8-5-7-13-6-1-2-9-15(13)14/h1-11,21H,12H2,(H,20,24). The molecule has 0 unspecified atom stereocenters. The summed E-state index contributed by atoms with van der Waals surface area (Å²) in [7, 11) is 0. The lowest BCUT2D eigenvalue weighted by molar-refractivity contribution is 0.238. The summed E-state index contributed by atoms with van der Waals surface area (Å²) in [6.45, 7) is 0.349. The molecule has 4 rings (SSSR count). The van der Waals surface area contributed by atoms with Crippen molar-refractivity contribution in [2.45, 2.75) is 6.54 Å². The average Bonchev–Trinajstić information content (AvgIpc) is 2.97. The van der Waals surface area contributed by atoms with Gasteiger partial charge in [0.2, 0.25) is 0 Å². The van der Waals surface area contributed by atoms with Crippen LogP contribution in [0.25, 0.3) is 21.7 Å². The van der Waals surface area contributed by atoms with Crippen molar-refractivity contribution in [3.8, 4) is 0 Å². The van der Waals surface area contributed by atoms with Gasteiger partial charge in [-0.1, -0.05) is 54.6 Å². The molecule has 4 aromatic rings. The van der Waals surface area contributed by atoms with E-state index in [0.717, 1.165) is 21.0 Å². The van der Waals surface area contributed by atoms with Gasteiger partial charge in [-0.05, 0) is 28.5 Å². The molecular formula is C19H15N3O2. The van der Waals surface area contributed by atoms with Crippen LogP contribution in [0, 0.1) is 0 Å². The van der Waals surface area contributed by atoms with E-state index in [1.54, 1.807) is 18.2 Å². The molecule has 1 heterocycles. The highest BCUT2D eigenvalue weighted by Crippen LogP contribution is 2.18. The Morgan fingerprint density at radius 2 is 1.62 bits per heavy atom. The lowest BCUT2D eigenvalue weighted by Crippen LogP contribution is -2.35. The number of carbonyl (C=O) groups excluding carboxylic acids is 1. The quantitative estimate of drug-likeness (QED) is 0.596. The van der Waals surface area contributed by atoms with E-state index in [1.807, 2.05) is 48.5 Å². The topological polar surface area (TPSA) is 66.9 Å². The Bertz CT molecular complexity index is 1100. The maximum atomic E-state index is 12.4. The first-order chi connectivity index (χ1) is 11.7. The number of hydrogen-bond acceptors (Lipinski definition) is 2. The molecule has 5 nitrogen and oxygen atoms in total. The van der Waals surface area contributed by atoms with Crippen LogP contribution in [0.1, 0.15) is 5.56 Å². The fourth-order valence-electron chi connectivity index (χ4n) is 2.90. The molecule has 0 radical (unpaired) electrons. The van der Waals surface area contributed by atoms with Gasteiger partial charge in [0.25, 0.3) is 5.56 Å². The summed E-state index contributed by atoms with van der Waals surface area (Å²) < 4.78 is 1.01. The van der Waals surface area contributed by atoms with E-state index in [1.165, 1.54) is 0 Å². The van der Waals surface area contributed by atoms with Crippen LogP contribution in [0.5, 0.6) is 0 Å². The largest absolute Gasteiger partial charge is 0.343 e. The maximum Gasteiger partial charge on any atom is 0.343 e. The number of amides is 1. The lowest BCUT2D eigenvalue weighted by Gasteiger charge is -2.08. The first kappa shape index (κ1) is 14.3. The van der Waals surface area contributed by atoms with Gasteiger partial charge < -0.3 is 5.32 Å². The smallest absolute Gasteiger partial charge is 0.332 e. The van der Waals surface area contributed by atoms with Crippen molar-refractivity contribution in [1.82, 2.24) is 15.1 Å². The molecule has 2 N–H and O–H groups in total. The van der Waals surface area contributed by atoms with Crippen molar-refractivity contribution < 1.29 is 4.79 Å². The molecule has 0 saturated carbocycles. The summed E-state index contributed by atoms with van der Waals surface area (Å²) in [6, 6.07) is 20.5. The summed E-state index contributed by atoms with van der Waals surface area (Å²) in [5, 5.41) is 8.33. The Morgan fingerprint density at radius 1 is 0.917 bits per heavy atom. The van der Waals surface area contributed by atoms with Crippen LogP contribution in [0.2, 0.25) is 0 Å². The normalized spacial score (nSPS) is 11.0. The molecule has 1 aromatic heterocycles. The monoisotopic (exact) mass is 317 g/mol. The van der Waals surface area contributed by atoms with Crippen molar-refractivity contribution >= 4 is 27.7 Å². The van der Waals surface area contributed by atoms with Crippen molar-refractivity contribution in [2.75, 3.05) is 0 Å². The Hall–Kier alpha value is -3.34. The molecule has 0 fully saturated rings. The van der Waals surface area contributed by atoms with E-state index >= 15 is 0 Å². The molecule has 0 aliphatic heterocycles.